The Hall–Kier alpha value is -2.12. The number of hydrogen-bond acceptors (Lipinski definition) is 4. The first-order chi connectivity index (χ1) is 7.90. The summed E-state index contributed by atoms with van der Waals surface area (Å²) >= 11 is 0. The van der Waals surface area contributed by atoms with Crippen LogP contribution >= 0.6 is 0 Å². The predicted octanol–water partition coefficient (Wildman–Crippen LogP) is 2.03. The molecule has 0 fully saturated rings. The van der Waals surface area contributed by atoms with E-state index in [0.29, 0.717) is 12.3 Å². The van der Waals surface area contributed by atoms with Crippen molar-refractivity contribution >= 4 is 0 Å². The molecular formula is C12H11N3O. The minimum atomic E-state index is -0.414. The number of furan rings is 1. The summed E-state index contributed by atoms with van der Waals surface area (Å²) in [6.07, 6.45) is 5.02. The van der Waals surface area contributed by atoms with E-state index in [9.17, 15) is 0 Å². The smallest absolute Gasteiger partial charge is 0.154 e. The average Bonchev–Trinajstić information content (AvgIpc) is 2.85. The molecule has 2 aromatic heterocycles. The highest BCUT2D eigenvalue weighted by atomic mass is 16.3. The third kappa shape index (κ3) is 2.47. The van der Waals surface area contributed by atoms with Crippen LogP contribution in [-0.2, 0) is 6.54 Å². The van der Waals surface area contributed by atoms with E-state index in [1.54, 1.807) is 30.8 Å². The Bertz CT molecular complexity index is 459. The largest absolute Gasteiger partial charge is 0.467 e. The molecule has 1 unspecified atom stereocenters. The summed E-state index contributed by atoms with van der Waals surface area (Å²) < 4.78 is 5.18. The SMILES string of the molecule is N#CC(NCc1ccncc1)c1ccco1. The lowest BCUT2D eigenvalue weighted by Crippen LogP contribution is -2.18. The van der Waals surface area contributed by atoms with Gasteiger partial charge in [0.2, 0.25) is 0 Å². The van der Waals surface area contributed by atoms with Gasteiger partial charge in [-0.1, -0.05) is 0 Å². The Morgan fingerprint density at radius 3 is 2.81 bits per heavy atom. The van der Waals surface area contributed by atoms with Gasteiger partial charge in [0.1, 0.15) is 5.76 Å². The fraction of sp³-hybridized carbons (Fsp3) is 0.167. The van der Waals surface area contributed by atoms with E-state index in [-0.39, 0.29) is 0 Å². The lowest BCUT2D eigenvalue weighted by atomic mass is 10.2. The molecule has 0 aromatic carbocycles. The molecule has 1 N–H and O–H groups in total. The Morgan fingerprint density at radius 1 is 1.38 bits per heavy atom. The lowest BCUT2D eigenvalue weighted by molar-refractivity contribution is 0.457. The molecule has 1 atom stereocenters. The normalized spacial score (nSPS) is 11.9. The van der Waals surface area contributed by atoms with Gasteiger partial charge in [-0.3, -0.25) is 10.3 Å². The Labute approximate surface area is 93.5 Å². The first-order valence-electron chi connectivity index (χ1n) is 4.95. The maximum Gasteiger partial charge on any atom is 0.154 e. The van der Waals surface area contributed by atoms with E-state index in [0.717, 1.165) is 5.56 Å². The van der Waals surface area contributed by atoms with Crippen LogP contribution in [0, 0.1) is 11.3 Å². The second-order valence-electron chi connectivity index (χ2n) is 3.31. The highest BCUT2D eigenvalue weighted by Gasteiger charge is 2.11. The standard InChI is InChI=1S/C12H11N3O/c13-8-11(12-2-1-7-16-12)15-9-10-3-5-14-6-4-10/h1-7,11,15H,9H2. The molecule has 0 aliphatic rings. The summed E-state index contributed by atoms with van der Waals surface area (Å²) in [4.78, 5) is 3.93. The predicted molar refractivity (Wildman–Crippen MR) is 58.1 cm³/mol. The molecule has 4 heteroatoms. The molecule has 80 valence electrons. The minimum Gasteiger partial charge on any atom is -0.467 e. The Kier molecular flexibility index (Phi) is 3.31. The van der Waals surface area contributed by atoms with Gasteiger partial charge in [-0.25, -0.2) is 0 Å². The number of aromatic nitrogens is 1. The highest BCUT2D eigenvalue weighted by molar-refractivity contribution is 5.14. The van der Waals surface area contributed by atoms with Gasteiger partial charge in [0, 0.05) is 18.9 Å². The second-order valence-corrected chi connectivity index (χ2v) is 3.31. The van der Waals surface area contributed by atoms with Gasteiger partial charge in [0.15, 0.2) is 6.04 Å². The van der Waals surface area contributed by atoms with Crippen molar-refractivity contribution in [3.05, 3.63) is 54.2 Å². The van der Waals surface area contributed by atoms with Crippen molar-refractivity contribution in [3.8, 4) is 6.07 Å². The van der Waals surface area contributed by atoms with Crippen LogP contribution < -0.4 is 5.32 Å². The summed E-state index contributed by atoms with van der Waals surface area (Å²) in [7, 11) is 0. The lowest BCUT2D eigenvalue weighted by Gasteiger charge is -2.08. The van der Waals surface area contributed by atoms with Crippen LogP contribution in [0.2, 0.25) is 0 Å². The fourth-order valence-corrected chi connectivity index (χ4v) is 1.39. The molecule has 2 rings (SSSR count). The molecule has 0 radical (unpaired) electrons. The van der Waals surface area contributed by atoms with Crippen LogP contribution in [0.4, 0.5) is 0 Å². The number of pyridine rings is 1. The van der Waals surface area contributed by atoms with Crippen molar-refractivity contribution < 1.29 is 4.42 Å². The number of nitriles is 1. The van der Waals surface area contributed by atoms with Crippen LogP contribution in [0.15, 0.2) is 47.3 Å². The minimum absolute atomic E-state index is 0.414. The van der Waals surface area contributed by atoms with Gasteiger partial charge >= 0.3 is 0 Å². The van der Waals surface area contributed by atoms with Gasteiger partial charge in [0.05, 0.1) is 12.3 Å². The van der Waals surface area contributed by atoms with E-state index in [2.05, 4.69) is 16.4 Å². The van der Waals surface area contributed by atoms with Crippen molar-refractivity contribution in [2.24, 2.45) is 0 Å². The van der Waals surface area contributed by atoms with Crippen LogP contribution in [-0.4, -0.2) is 4.98 Å². The van der Waals surface area contributed by atoms with Gasteiger partial charge in [-0.2, -0.15) is 5.26 Å². The summed E-state index contributed by atoms with van der Waals surface area (Å²) in [5.41, 5.74) is 1.09. The molecule has 0 bridgehead atoms. The molecule has 0 spiro atoms. The van der Waals surface area contributed by atoms with Gasteiger partial charge < -0.3 is 4.42 Å². The van der Waals surface area contributed by atoms with Gasteiger partial charge in [-0.15, -0.1) is 0 Å². The van der Waals surface area contributed by atoms with E-state index < -0.39 is 6.04 Å². The highest BCUT2D eigenvalue weighted by Crippen LogP contribution is 2.12. The van der Waals surface area contributed by atoms with E-state index in [1.807, 2.05) is 12.1 Å². The summed E-state index contributed by atoms with van der Waals surface area (Å²) in [6.45, 7) is 0.613. The van der Waals surface area contributed by atoms with Gasteiger partial charge in [-0.05, 0) is 29.8 Å². The second kappa shape index (κ2) is 5.10. The zero-order valence-corrected chi connectivity index (χ0v) is 8.63. The summed E-state index contributed by atoms with van der Waals surface area (Å²) in [6, 6.07) is 9.11. The quantitative estimate of drug-likeness (QED) is 0.844. The maximum atomic E-state index is 8.99. The fourth-order valence-electron chi connectivity index (χ4n) is 1.39. The third-order valence-corrected chi connectivity index (χ3v) is 2.22. The van der Waals surface area contributed by atoms with Crippen LogP contribution in [0.25, 0.3) is 0 Å². The number of nitrogens with one attached hydrogen (secondary N) is 1. The Balaban J connectivity index is 1.97. The molecule has 0 aliphatic carbocycles. The van der Waals surface area contributed by atoms with E-state index in [4.69, 9.17) is 9.68 Å². The maximum absolute atomic E-state index is 8.99. The van der Waals surface area contributed by atoms with Crippen molar-refractivity contribution in [3.63, 3.8) is 0 Å². The summed E-state index contributed by atoms with van der Waals surface area (Å²) in [5, 5.41) is 12.1. The van der Waals surface area contributed by atoms with Crippen LogP contribution in [0.5, 0.6) is 0 Å². The van der Waals surface area contributed by atoms with E-state index >= 15 is 0 Å². The first-order valence-corrected chi connectivity index (χ1v) is 4.95. The zero-order chi connectivity index (χ0) is 11.2. The molecule has 16 heavy (non-hydrogen) atoms. The molecule has 0 saturated carbocycles. The van der Waals surface area contributed by atoms with Crippen LogP contribution in [0.1, 0.15) is 17.4 Å². The van der Waals surface area contributed by atoms with Gasteiger partial charge in [0.25, 0.3) is 0 Å². The molecule has 0 amide bonds. The number of rotatable bonds is 4. The Morgan fingerprint density at radius 2 is 2.19 bits per heavy atom. The van der Waals surface area contributed by atoms with Crippen LogP contribution in [0.3, 0.4) is 0 Å². The van der Waals surface area contributed by atoms with Crippen molar-refractivity contribution in [2.45, 2.75) is 12.6 Å². The number of hydrogen-bond donors (Lipinski definition) is 1. The molecule has 2 heterocycles. The molecule has 4 nitrogen and oxygen atoms in total. The molecule has 0 aliphatic heterocycles. The number of nitrogens with zero attached hydrogens (tertiary/aromatic N) is 2. The first kappa shape index (κ1) is 10.4. The monoisotopic (exact) mass is 213 g/mol. The zero-order valence-electron chi connectivity index (χ0n) is 8.63. The van der Waals surface area contributed by atoms with Crippen molar-refractivity contribution in [2.75, 3.05) is 0 Å². The average molecular weight is 213 g/mol. The molecular weight excluding hydrogens is 202 g/mol. The molecule has 2 aromatic rings. The third-order valence-electron chi connectivity index (χ3n) is 2.22. The van der Waals surface area contributed by atoms with E-state index in [1.165, 1.54) is 0 Å². The summed E-state index contributed by atoms with van der Waals surface area (Å²) in [5.74, 6) is 0.636. The topological polar surface area (TPSA) is 61.9 Å². The van der Waals surface area contributed by atoms with Crippen molar-refractivity contribution in [1.29, 1.82) is 5.26 Å². The molecule has 0 saturated heterocycles. The van der Waals surface area contributed by atoms with Crippen molar-refractivity contribution in [1.82, 2.24) is 10.3 Å².